The van der Waals surface area contributed by atoms with E-state index in [2.05, 4.69) is 4.90 Å². The lowest BCUT2D eigenvalue weighted by Gasteiger charge is -2.42. The zero-order valence-electron chi connectivity index (χ0n) is 18.2. The van der Waals surface area contributed by atoms with E-state index in [4.69, 9.17) is 9.47 Å². The van der Waals surface area contributed by atoms with Crippen molar-refractivity contribution in [2.75, 3.05) is 32.8 Å². The van der Waals surface area contributed by atoms with Crippen molar-refractivity contribution in [1.29, 1.82) is 0 Å². The van der Waals surface area contributed by atoms with Gasteiger partial charge in [0.05, 0.1) is 11.7 Å². The first-order valence-electron chi connectivity index (χ1n) is 10.4. The summed E-state index contributed by atoms with van der Waals surface area (Å²) in [6.07, 6.45) is -0.609. The summed E-state index contributed by atoms with van der Waals surface area (Å²) in [6.45, 7) is 9.52. The van der Waals surface area contributed by atoms with Gasteiger partial charge in [-0.05, 0) is 51.3 Å². The molecule has 0 radical (unpaired) electrons. The van der Waals surface area contributed by atoms with Crippen LogP contribution in [-0.2, 0) is 16.1 Å². The van der Waals surface area contributed by atoms with E-state index in [9.17, 15) is 19.8 Å². The summed E-state index contributed by atoms with van der Waals surface area (Å²) in [6, 6.07) is 3.41. The average Bonchev–Trinajstić information content (AvgIpc) is 3.04. The van der Waals surface area contributed by atoms with Crippen LogP contribution in [0.1, 0.15) is 60.3 Å². The molecule has 2 unspecified atom stereocenters. The zero-order chi connectivity index (χ0) is 22.1. The van der Waals surface area contributed by atoms with Gasteiger partial charge in [0.15, 0.2) is 0 Å². The number of piperazine rings is 1. The molecule has 1 aromatic rings. The van der Waals surface area contributed by atoms with Crippen LogP contribution in [0.3, 0.4) is 0 Å². The molecule has 8 nitrogen and oxygen atoms in total. The number of rotatable bonds is 5. The summed E-state index contributed by atoms with van der Waals surface area (Å²) in [4.78, 5) is 27.9. The molecule has 0 saturated carbocycles. The number of carbonyl (C=O) groups is 2. The standard InChI is InChI=1S/C22H32N2O6/c1-14-16(5-6-17-18(14)13-29-20(17)27)19(26)12-23-8-9-24(11-15(23)7-10-25)21(28)30-22(2,3)4/h5-6,15,19,25-26H,7-13H2,1-4H3. The van der Waals surface area contributed by atoms with Crippen LogP contribution >= 0.6 is 0 Å². The third-order valence-corrected chi connectivity index (χ3v) is 5.69. The number of fused-ring (bicyclic) bond motifs is 1. The lowest BCUT2D eigenvalue weighted by atomic mass is 9.94. The number of nitrogens with zero attached hydrogens (tertiary/aromatic N) is 2. The van der Waals surface area contributed by atoms with Gasteiger partial charge in [0.1, 0.15) is 12.2 Å². The highest BCUT2D eigenvalue weighted by molar-refractivity contribution is 5.93. The van der Waals surface area contributed by atoms with Crippen LogP contribution in [0.5, 0.6) is 0 Å². The van der Waals surface area contributed by atoms with Crippen LogP contribution in [0.15, 0.2) is 12.1 Å². The Kier molecular flexibility index (Phi) is 6.69. The summed E-state index contributed by atoms with van der Waals surface area (Å²) in [7, 11) is 0. The van der Waals surface area contributed by atoms with Crippen molar-refractivity contribution >= 4 is 12.1 Å². The van der Waals surface area contributed by atoms with Crippen molar-refractivity contribution in [1.82, 2.24) is 9.80 Å². The van der Waals surface area contributed by atoms with Crippen molar-refractivity contribution in [3.63, 3.8) is 0 Å². The fourth-order valence-electron chi connectivity index (χ4n) is 4.10. The van der Waals surface area contributed by atoms with E-state index in [-0.39, 0.29) is 31.3 Å². The fraction of sp³-hybridized carbons (Fsp3) is 0.636. The van der Waals surface area contributed by atoms with Crippen molar-refractivity contribution in [3.05, 3.63) is 34.4 Å². The minimum atomic E-state index is -0.750. The van der Waals surface area contributed by atoms with Gasteiger partial charge in [-0.25, -0.2) is 9.59 Å². The number of amides is 1. The van der Waals surface area contributed by atoms with Crippen LogP contribution < -0.4 is 0 Å². The number of aliphatic hydroxyl groups excluding tert-OH is 2. The molecule has 1 aromatic carbocycles. The number of β-amino-alcohol motifs (C(OH)–C–C–N with tert-alkyl or cyclic N) is 1. The van der Waals surface area contributed by atoms with Crippen LogP contribution in [0.2, 0.25) is 0 Å². The highest BCUT2D eigenvalue weighted by Gasteiger charge is 2.33. The molecule has 1 amide bonds. The third-order valence-electron chi connectivity index (χ3n) is 5.69. The summed E-state index contributed by atoms with van der Waals surface area (Å²) >= 11 is 0. The van der Waals surface area contributed by atoms with E-state index in [1.807, 2.05) is 27.7 Å². The van der Waals surface area contributed by atoms with Gasteiger partial charge in [-0.1, -0.05) is 6.07 Å². The first-order valence-corrected chi connectivity index (χ1v) is 10.4. The third kappa shape index (κ3) is 4.94. The van der Waals surface area contributed by atoms with Gasteiger partial charge in [0.2, 0.25) is 0 Å². The molecule has 8 heteroatoms. The molecule has 0 aromatic heterocycles. The Labute approximate surface area is 177 Å². The molecule has 2 aliphatic heterocycles. The molecule has 0 aliphatic carbocycles. The number of esters is 1. The quantitative estimate of drug-likeness (QED) is 0.703. The molecular formula is C22H32N2O6. The Morgan fingerprint density at radius 1 is 1.33 bits per heavy atom. The number of aliphatic hydroxyl groups is 2. The smallest absolute Gasteiger partial charge is 0.410 e. The van der Waals surface area contributed by atoms with Gasteiger partial charge in [-0.2, -0.15) is 0 Å². The van der Waals surface area contributed by atoms with E-state index in [0.717, 1.165) is 16.7 Å². The van der Waals surface area contributed by atoms with Crippen LogP contribution in [-0.4, -0.2) is 76.5 Å². The second-order valence-corrected chi connectivity index (χ2v) is 8.99. The molecule has 166 valence electrons. The number of carbonyl (C=O) groups excluding carboxylic acids is 2. The first kappa shape index (κ1) is 22.5. The predicted octanol–water partition coefficient (Wildman–Crippen LogP) is 2.00. The Bertz CT molecular complexity index is 804. The van der Waals surface area contributed by atoms with Gasteiger partial charge in [-0.3, -0.25) is 4.90 Å². The summed E-state index contributed by atoms with van der Waals surface area (Å²) < 4.78 is 10.6. The number of hydrogen-bond donors (Lipinski definition) is 2. The summed E-state index contributed by atoms with van der Waals surface area (Å²) in [5.74, 6) is -0.324. The molecule has 30 heavy (non-hydrogen) atoms. The number of ether oxygens (including phenoxy) is 2. The Balaban J connectivity index is 1.69. The SMILES string of the molecule is Cc1c(C(O)CN2CCN(C(=O)OC(C)(C)C)CC2CCO)ccc2c1COC2=O. The van der Waals surface area contributed by atoms with Gasteiger partial charge in [0.25, 0.3) is 0 Å². The Morgan fingerprint density at radius 2 is 2.07 bits per heavy atom. The minimum Gasteiger partial charge on any atom is -0.457 e. The topological polar surface area (TPSA) is 99.5 Å². The second-order valence-electron chi connectivity index (χ2n) is 8.99. The molecule has 1 fully saturated rings. The van der Waals surface area contributed by atoms with Gasteiger partial charge in [-0.15, -0.1) is 0 Å². The predicted molar refractivity (Wildman–Crippen MR) is 110 cm³/mol. The molecule has 0 spiro atoms. The lowest BCUT2D eigenvalue weighted by Crippen LogP contribution is -2.56. The maximum Gasteiger partial charge on any atom is 0.410 e. The van der Waals surface area contributed by atoms with E-state index >= 15 is 0 Å². The Morgan fingerprint density at radius 3 is 2.73 bits per heavy atom. The van der Waals surface area contributed by atoms with Crippen molar-refractivity contribution in [2.24, 2.45) is 0 Å². The summed E-state index contributed by atoms with van der Waals surface area (Å²) in [5, 5.41) is 20.4. The van der Waals surface area contributed by atoms with Gasteiger partial charge < -0.3 is 24.6 Å². The molecular weight excluding hydrogens is 388 g/mol. The molecule has 2 aliphatic rings. The first-order chi connectivity index (χ1) is 14.1. The molecule has 1 saturated heterocycles. The largest absolute Gasteiger partial charge is 0.457 e. The van der Waals surface area contributed by atoms with E-state index in [1.165, 1.54) is 0 Å². The summed E-state index contributed by atoms with van der Waals surface area (Å²) in [5.41, 5.74) is 2.47. The average molecular weight is 421 g/mol. The van der Waals surface area contributed by atoms with Crippen molar-refractivity contribution in [2.45, 2.75) is 58.5 Å². The van der Waals surface area contributed by atoms with Crippen LogP contribution in [0, 0.1) is 6.92 Å². The van der Waals surface area contributed by atoms with E-state index in [0.29, 0.717) is 38.2 Å². The van der Waals surface area contributed by atoms with Crippen LogP contribution in [0.4, 0.5) is 4.79 Å². The zero-order valence-corrected chi connectivity index (χ0v) is 18.2. The fourth-order valence-corrected chi connectivity index (χ4v) is 4.10. The van der Waals surface area contributed by atoms with Gasteiger partial charge in [0, 0.05) is 44.4 Å². The molecule has 2 atom stereocenters. The lowest BCUT2D eigenvalue weighted by molar-refractivity contribution is -0.00867. The van der Waals surface area contributed by atoms with E-state index < -0.39 is 11.7 Å². The monoisotopic (exact) mass is 420 g/mol. The highest BCUT2D eigenvalue weighted by atomic mass is 16.6. The Hall–Kier alpha value is -2.16. The molecule has 2 N–H and O–H groups in total. The molecule has 3 rings (SSSR count). The van der Waals surface area contributed by atoms with Gasteiger partial charge >= 0.3 is 12.1 Å². The second kappa shape index (κ2) is 8.91. The van der Waals surface area contributed by atoms with Crippen molar-refractivity contribution in [3.8, 4) is 0 Å². The van der Waals surface area contributed by atoms with Crippen molar-refractivity contribution < 1.29 is 29.3 Å². The maximum atomic E-state index is 12.4. The molecule has 0 bridgehead atoms. The van der Waals surface area contributed by atoms with E-state index in [1.54, 1.807) is 17.0 Å². The van der Waals surface area contributed by atoms with Crippen LogP contribution in [0.25, 0.3) is 0 Å². The number of cyclic esters (lactones) is 1. The highest BCUT2D eigenvalue weighted by Crippen LogP contribution is 2.30. The minimum absolute atomic E-state index is 0.00323. The number of benzene rings is 1. The maximum absolute atomic E-state index is 12.4. The molecule has 2 heterocycles. The normalized spacial score (nSPS) is 20.7. The number of hydrogen-bond acceptors (Lipinski definition) is 7.